The number of nitrogens with zero attached hydrogens (tertiary/aromatic N) is 3. The maximum Gasteiger partial charge on any atom is 0.0900 e. The van der Waals surface area contributed by atoms with Gasteiger partial charge in [-0.3, -0.25) is 9.97 Å². The molecule has 42 heavy (non-hydrogen) atoms. The summed E-state index contributed by atoms with van der Waals surface area (Å²) in [7, 11) is 0. The second kappa shape index (κ2) is 10.1. The van der Waals surface area contributed by atoms with Crippen LogP contribution in [-0.4, -0.2) is 15.0 Å². The highest BCUT2D eigenvalue weighted by Crippen LogP contribution is 2.38. The number of rotatable bonds is 4. The van der Waals surface area contributed by atoms with E-state index < -0.39 is 0 Å². The molecule has 0 aliphatic rings. The average molecular weight is 536 g/mol. The Labute approximate surface area is 243 Å². The normalized spacial score (nSPS) is 11.3. The van der Waals surface area contributed by atoms with E-state index in [9.17, 15) is 0 Å². The SMILES string of the molecule is c1ccc(-c2cc(-c3cccc(-c4ccc5c6ccccc6c6ccccc6c5c4)c3)cc(-c3ccccn3)n2)nc1. The van der Waals surface area contributed by atoms with Crippen LogP contribution in [0.5, 0.6) is 0 Å². The molecule has 0 amide bonds. The number of benzene rings is 5. The van der Waals surface area contributed by atoms with E-state index in [1.807, 2.05) is 36.4 Å². The maximum atomic E-state index is 4.94. The highest BCUT2D eigenvalue weighted by Gasteiger charge is 2.13. The van der Waals surface area contributed by atoms with Crippen LogP contribution in [0.15, 0.2) is 152 Å². The number of aromatic nitrogens is 3. The van der Waals surface area contributed by atoms with Crippen LogP contribution in [0.1, 0.15) is 0 Å². The summed E-state index contributed by atoms with van der Waals surface area (Å²) in [6, 6.07) is 49.1. The van der Waals surface area contributed by atoms with Crippen LogP contribution in [-0.2, 0) is 0 Å². The molecule has 0 fully saturated rings. The lowest BCUT2D eigenvalue weighted by molar-refractivity contribution is 1.22. The van der Waals surface area contributed by atoms with Crippen molar-refractivity contribution in [2.45, 2.75) is 0 Å². The monoisotopic (exact) mass is 535 g/mol. The number of hydrogen-bond donors (Lipinski definition) is 0. The summed E-state index contributed by atoms with van der Waals surface area (Å²) >= 11 is 0. The van der Waals surface area contributed by atoms with Gasteiger partial charge in [0.25, 0.3) is 0 Å². The van der Waals surface area contributed by atoms with Gasteiger partial charge in [0.1, 0.15) is 0 Å². The van der Waals surface area contributed by atoms with Crippen LogP contribution in [0.25, 0.3) is 77.3 Å². The Morgan fingerprint density at radius 2 is 0.762 bits per heavy atom. The van der Waals surface area contributed by atoms with Gasteiger partial charge < -0.3 is 0 Å². The number of hydrogen-bond acceptors (Lipinski definition) is 3. The van der Waals surface area contributed by atoms with E-state index in [4.69, 9.17) is 4.98 Å². The van der Waals surface area contributed by atoms with Crippen LogP contribution in [0, 0.1) is 0 Å². The molecule has 0 saturated heterocycles. The third kappa shape index (κ3) is 4.20. The molecule has 0 aliphatic carbocycles. The topological polar surface area (TPSA) is 38.7 Å². The highest BCUT2D eigenvalue weighted by atomic mass is 14.8. The molecule has 3 heterocycles. The van der Waals surface area contributed by atoms with Crippen molar-refractivity contribution >= 4 is 32.3 Å². The Morgan fingerprint density at radius 1 is 0.286 bits per heavy atom. The summed E-state index contributed by atoms with van der Waals surface area (Å²) in [5.41, 5.74) is 7.86. The summed E-state index contributed by atoms with van der Waals surface area (Å²) in [5.74, 6) is 0. The zero-order valence-corrected chi connectivity index (χ0v) is 22.8. The highest BCUT2D eigenvalue weighted by molar-refractivity contribution is 6.25. The van der Waals surface area contributed by atoms with Gasteiger partial charge >= 0.3 is 0 Å². The van der Waals surface area contributed by atoms with Gasteiger partial charge in [-0.1, -0.05) is 91.0 Å². The molecule has 8 aromatic rings. The Balaban J connectivity index is 1.29. The zero-order chi connectivity index (χ0) is 27.9. The lowest BCUT2D eigenvalue weighted by Gasteiger charge is -2.13. The number of fused-ring (bicyclic) bond motifs is 6. The molecular formula is C39H25N3. The van der Waals surface area contributed by atoms with Crippen molar-refractivity contribution in [1.29, 1.82) is 0 Å². The predicted molar refractivity (Wildman–Crippen MR) is 174 cm³/mol. The Hall–Kier alpha value is -5.67. The van der Waals surface area contributed by atoms with Crippen molar-refractivity contribution in [3.63, 3.8) is 0 Å². The molecular weight excluding hydrogens is 510 g/mol. The van der Waals surface area contributed by atoms with E-state index in [0.29, 0.717) is 0 Å². The smallest absolute Gasteiger partial charge is 0.0900 e. The Bertz CT molecular complexity index is 2150. The first kappa shape index (κ1) is 24.2. The molecule has 196 valence electrons. The lowest BCUT2D eigenvalue weighted by Crippen LogP contribution is -1.94. The molecule has 0 bridgehead atoms. The van der Waals surface area contributed by atoms with E-state index in [1.54, 1.807) is 12.4 Å². The fourth-order valence-electron chi connectivity index (χ4n) is 5.95. The Morgan fingerprint density at radius 3 is 1.31 bits per heavy atom. The molecule has 0 saturated carbocycles. The molecule has 0 spiro atoms. The van der Waals surface area contributed by atoms with Crippen molar-refractivity contribution in [3.8, 4) is 45.0 Å². The molecule has 3 nitrogen and oxygen atoms in total. The van der Waals surface area contributed by atoms with E-state index in [0.717, 1.165) is 33.9 Å². The maximum absolute atomic E-state index is 4.94. The summed E-state index contributed by atoms with van der Waals surface area (Å²) < 4.78 is 0. The van der Waals surface area contributed by atoms with Gasteiger partial charge in [0.05, 0.1) is 22.8 Å². The van der Waals surface area contributed by atoms with Gasteiger partial charge in [-0.05, 0) is 103 Å². The third-order valence-corrected chi connectivity index (χ3v) is 7.95. The zero-order valence-electron chi connectivity index (χ0n) is 22.8. The molecule has 8 rings (SSSR count). The van der Waals surface area contributed by atoms with Crippen molar-refractivity contribution in [2.24, 2.45) is 0 Å². The van der Waals surface area contributed by atoms with Crippen LogP contribution in [0.3, 0.4) is 0 Å². The fraction of sp³-hybridized carbons (Fsp3) is 0. The first-order chi connectivity index (χ1) is 20.8. The van der Waals surface area contributed by atoms with E-state index in [-0.39, 0.29) is 0 Å². The minimum Gasteiger partial charge on any atom is -0.255 e. The number of pyridine rings is 3. The molecule has 3 heteroatoms. The quantitative estimate of drug-likeness (QED) is 0.211. The summed E-state index contributed by atoms with van der Waals surface area (Å²) in [4.78, 5) is 14.1. The molecule has 0 atom stereocenters. The van der Waals surface area contributed by atoms with Gasteiger partial charge in [0, 0.05) is 12.4 Å². The van der Waals surface area contributed by atoms with Crippen LogP contribution in [0.2, 0.25) is 0 Å². The molecule has 0 unspecified atom stereocenters. The van der Waals surface area contributed by atoms with Gasteiger partial charge in [-0.15, -0.1) is 0 Å². The van der Waals surface area contributed by atoms with E-state index in [2.05, 4.69) is 113 Å². The first-order valence-electron chi connectivity index (χ1n) is 14.1. The second-order valence-electron chi connectivity index (χ2n) is 10.5. The lowest BCUT2D eigenvalue weighted by atomic mass is 9.91. The van der Waals surface area contributed by atoms with Crippen molar-refractivity contribution in [1.82, 2.24) is 15.0 Å². The van der Waals surface area contributed by atoms with Gasteiger partial charge in [-0.2, -0.15) is 0 Å². The summed E-state index contributed by atoms with van der Waals surface area (Å²) in [5, 5.41) is 7.68. The largest absolute Gasteiger partial charge is 0.255 e. The Kier molecular flexibility index (Phi) is 5.79. The minimum atomic E-state index is 0.822. The minimum absolute atomic E-state index is 0.822. The van der Waals surface area contributed by atoms with Gasteiger partial charge in [-0.25, -0.2) is 4.98 Å². The summed E-state index contributed by atoms with van der Waals surface area (Å²) in [6.45, 7) is 0. The molecule has 0 N–H and O–H groups in total. The predicted octanol–water partition coefficient (Wildman–Crippen LogP) is 10.00. The molecule has 5 aromatic carbocycles. The average Bonchev–Trinajstić information content (AvgIpc) is 3.09. The van der Waals surface area contributed by atoms with Crippen molar-refractivity contribution in [2.75, 3.05) is 0 Å². The van der Waals surface area contributed by atoms with Crippen molar-refractivity contribution < 1.29 is 0 Å². The van der Waals surface area contributed by atoms with Crippen molar-refractivity contribution in [3.05, 3.63) is 152 Å². The van der Waals surface area contributed by atoms with Crippen LogP contribution in [0.4, 0.5) is 0 Å². The van der Waals surface area contributed by atoms with Gasteiger partial charge in [0.2, 0.25) is 0 Å². The second-order valence-corrected chi connectivity index (χ2v) is 10.5. The van der Waals surface area contributed by atoms with Crippen LogP contribution >= 0.6 is 0 Å². The van der Waals surface area contributed by atoms with E-state index >= 15 is 0 Å². The standard InChI is InChI=1S/C39H25N3/c1-2-14-32-30(12-1)31-13-3-4-15-33(31)35-23-28(18-19-34(32)35)26-10-9-11-27(22-26)29-24-38(36-16-5-7-20-40-36)42-39(25-29)37-17-6-8-21-41-37/h1-25H. The molecule has 0 aliphatic heterocycles. The molecule has 3 aromatic heterocycles. The van der Waals surface area contributed by atoms with Crippen LogP contribution < -0.4 is 0 Å². The summed E-state index contributed by atoms with van der Waals surface area (Å²) in [6.07, 6.45) is 3.61. The van der Waals surface area contributed by atoms with Gasteiger partial charge in [0.15, 0.2) is 0 Å². The third-order valence-electron chi connectivity index (χ3n) is 7.95. The first-order valence-corrected chi connectivity index (χ1v) is 14.1. The van der Waals surface area contributed by atoms with E-state index in [1.165, 1.54) is 43.4 Å². The molecule has 0 radical (unpaired) electrons. The fourth-order valence-corrected chi connectivity index (χ4v) is 5.95.